The minimum atomic E-state index is -0.149. The van der Waals surface area contributed by atoms with Crippen molar-refractivity contribution in [2.45, 2.75) is 58.1 Å². The molecule has 0 unspecified atom stereocenters. The number of aryl methyl sites for hydroxylation is 2. The van der Waals surface area contributed by atoms with Crippen LogP contribution < -0.4 is 4.74 Å². The highest BCUT2D eigenvalue weighted by molar-refractivity contribution is 7.10. The zero-order chi connectivity index (χ0) is 23.7. The van der Waals surface area contributed by atoms with E-state index in [1.807, 2.05) is 11.0 Å². The highest BCUT2D eigenvalue weighted by atomic mass is 32.1. The largest absolute Gasteiger partial charge is 0.491 e. The lowest BCUT2D eigenvalue weighted by atomic mass is 10.00. The number of carbonyl (C=O) groups is 2. The summed E-state index contributed by atoms with van der Waals surface area (Å²) in [4.78, 5) is 31.7. The number of rotatable bonds is 8. The van der Waals surface area contributed by atoms with Crippen LogP contribution in [0.2, 0.25) is 0 Å². The topological polar surface area (TPSA) is 59.1 Å². The predicted molar refractivity (Wildman–Crippen MR) is 132 cm³/mol. The molecule has 2 aromatic rings. The molecule has 2 amide bonds. The molecule has 34 heavy (non-hydrogen) atoms. The number of carbonyl (C=O) groups excluding carboxylic acids is 2. The average Bonchev–Trinajstić information content (AvgIpc) is 3.32. The number of hydrogen-bond donors (Lipinski definition) is 0. The van der Waals surface area contributed by atoms with Crippen molar-refractivity contribution in [2.75, 3.05) is 32.8 Å². The minimum absolute atomic E-state index is 0.00178. The van der Waals surface area contributed by atoms with Gasteiger partial charge in [0.1, 0.15) is 12.4 Å². The zero-order valence-electron chi connectivity index (χ0n) is 20.1. The molecule has 6 nitrogen and oxygen atoms in total. The van der Waals surface area contributed by atoms with Crippen LogP contribution in [0.5, 0.6) is 5.75 Å². The van der Waals surface area contributed by atoms with Gasteiger partial charge in [0.15, 0.2) is 0 Å². The standard InChI is InChI=1S/C27H34N2O4S/c1-18-5-8-24(19(2)14-18)33-17-23-22-10-13-34-25(22)9-11-29(23)26(30)16-28(27(31)20-6-7-20)15-21-4-3-12-32-21/h5,8,10,13-14,20-21,23H,3-4,6-7,9,11-12,15-17H2,1-2H3/t21-,23-/m0/s1. The van der Waals surface area contributed by atoms with Crippen molar-refractivity contribution < 1.29 is 19.1 Å². The minimum Gasteiger partial charge on any atom is -0.491 e. The molecule has 3 aliphatic rings. The van der Waals surface area contributed by atoms with Crippen molar-refractivity contribution in [1.29, 1.82) is 0 Å². The molecule has 0 radical (unpaired) electrons. The summed E-state index contributed by atoms with van der Waals surface area (Å²) in [6, 6.07) is 8.14. The summed E-state index contributed by atoms with van der Waals surface area (Å²) in [6.45, 7) is 6.56. The first-order valence-electron chi connectivity index (χ1n) is 12.5. The van der Waals surface area contributed by atoms with Crippen molar-refractivity contribution in [3.05, 3.63) is 51.2 Å². The van der Waals surface area contributed by atoms with Gasteiger partial charge < -0.3 is 19.3 Å². The quantitative estimate of drug-likeness (QED) is 0.563. The van der Waals surface area contributed by atoms with Crippen LogP contribution in [0.3, 0.4) is 0 Å². The van der Waals surface area contributed by atoms with Crippen LogP contribution in [0.1, 0.15) is 53.3 Å². The third kappa shape index (κ3) is 5.15. The fraction of sp³-hybridized carbons (Fsp3) is 0.556. The zero-order valence-corrected chi connectivity index (χ0v) is 20.9. The van der Waals surface area contributed by atoms with Gasteiger partial charge in [-0.3, -0.25) is 9.59 Å². The molecule has 0 N–H and O–H groups in total. The number of fused-ring (bicyclic) bond motifs is 1. The van der Waals surface area contributed by atoms with Gasteiger partial charge in [-0.2, -0.15) is 0 Å². The molecule has 2 atom stereocenters. The van der Waals surface area contributed by atoms with E-state index in [0.717, 1.165) is 50.0 Å². The van der Waals surface area contributed by atoms with Crippen molar-refractivity contribution in [1.82, 2.24) is 9.80 Å². The molecule has 1 aliphatic carbocycles. The maximum absolute atomic E-state index is 13.6. The summed E-state index contributed by atoms with van der Waals surface area (Å²) in [7, 11) is 0. The van der Waals surface area contributed by atoms with E-state index in [-0.39, 0.29) is 36.4 Å². The third-order valence-corrected chi connectivity index (χ3v) is 8.15. The lowest BCUT2D eigenvalue weighted by molar-refractivity contribution is -0.144. The molecule has 2 aliphatic heterocycles. The second-order valence-electron chi connectivity index (χ2n) is 9.86. The number of amides is 2. The van der Waals surface area contributed by atoms with Crippen molar-refractivity contribution in [3.63, 3.8) is 0 Å². The van der Waals surface area contributed by atoms with Gasteiger partial charge in [0.2, 0.25) is 11.8 Å². The Morgan fingerprint density at radius 1 is 1.21 bits per heavy atom. The highest BCUT2D eigenvalue weighted by Crippen LogP contribution is 2.35. The summed E-state index contributed by atoms with van der Waals surface area (Å²) in [5.41, 5.74) is 3.47. The Morgan fingerprint density at radius 2 is 2.06 bits per heavy atom. The fourth-order valence-corrected chi connectivity index (χ4v) is 6.04. The van der Waals surface area contributed by atoms with Gasteiger partial charge in [0, 0.05) is 30.5 Å². The molecule has 1 aromatic carbocycles. The number of thiophene rings is 1. The normalized spacial score (nSPS) is 21.9. The van der Waals surface area contributed by atoms with Gasteiger partial charge >= 0.3 is 0 Å². The van der Waals surface area contributed by atoms with E-state index in [9.17, 15) is 9.59 Å². The molecule has 0 spiro atoms. The molecule has 0 bridgehead atoms. The summed E-state index contributed by atoms with van der Waals surface area (Å²) in [6.07, 6.45) is 4.74. The fourth-order valence-electron chi connectivity index (χ4n) is 5.11. The molecule has 1 aromatic heterocycles. The van der Waals surface area contributed by atoms with Gasteiger partial charge in [0.05, 0.1) is 18.7 Å². The monoisotopic (exact) mass is 482 g/mol. The Bertz CT molecular complexity index is 1040. The van der Waals surface area contributed by atoms with E-state index < -0.39 is 0 Å². The van der Waals surface area contributed by atoms with Crippen LogP contribution in [0.15, 0.2) is 29.6 Å². The first kappa shape index (κ1) is 23.4. The van der Waals surface area contributed by atoms with Gasteiger partial charge in [-0.15, -0.1) is 11.3 Å². The highest BCUT2D eigenvalue weighted by Gasteiger charge is 2.38. The molecule has 2 fully saturated rings. The molecule has 7 heteroatoms. The molecular weight excluding hydrogens is 448 g/mol. The number of benzene rings is 1. The predicted octanol–water partition coefficient (Wildman–Crippen LogP) is 4.29. The SMILES string of the molecule is Cc1ccc(OC[C@H]2c3ccsc3CCN2C(=O)CN(C[C@@H]2CCCO2)C(=O)C2CC2)c(C)c1. The Morgan fingerprint density at radius 3 is 2.79 bits per heavy atom. The molecule has 1 saturated heterocycles. The summed E-state index contributed by atoms with van der Waals surface area (Å²) < 4.78 is 12.0. The van der Waals surface area contributed by atoms with Gasteiger partial charge in [-0.25, -0.2) is 0 Å². The third-order valence-electron chi connectivity index (χ3n) is 7.15. The lowest BCUT2D eigenvalue weighted by Crippen LogP contribution is -2.49. The van der Waals surface area contributed by atoms with E-state index in [1.165, 1.54) is 16.0 Å². The Balaban J connectivity index is 1.32. The smallest absolute Gasteiger partial charge is 0.242 e. The molecule has 3 heterocycles. The van der Waals surface area contributed by atoms with Gasteiger partial charge in [0.25, 0.3) is 0 Å². The summed E-state index contributed by atoms with van der Waals surface area (Å²) >= 11 is 1.75. The van der Waals surface area contributed by atoms with Crippen LogP contribution in [0.4, 0.5) is 0 Å². The van der Waals surface area contributed by atoms with Crippen LogP contribution >= 0.6 is 11.3 Å². The average molecular weight is 483 g/mol. The Hall–Kier alpha value is -2.38. The van der Waals surface area contributed by atoms with Gasteiger partial charge in [-0.1, -0.05) is 17.7 Å². The molecule has 5 rings (SSSR count). The molecular formula is C27H34N2O4S. The summed E-state index contributed by atoms with van der Waals surface area (Å²) in [5.74, 6) is 1.05. The van der Waals surface area contributed by atoms with E-state index in [1.54, 1.807) is 16.2 Å². The van der Waals surface area contributed by atoms with Crippen LogP contribution in [0, 0.1) is 19.8 Å². The van der Waals surface area contributed by atoms with Crippen LogP contribution in [-0.4, -0.2) is 60.6 Å². The Labute approximate surface area is 205 Å². The number of ether oxygens (including phenoxy) is 2. The van der Waals surface area contributed by atoms with E-state index >= 15 is 0 Å². The van der Waals surface area contributed by atoms with Crippen molar-refractivity contribution >= 4 is 23.2 Å². The van der Waals surface area contributed by atoms with E-state index in [0.29, 0.717) is 19.7 Å². The number of hydrogen-bond acceptors (Lipinski definition) is 5. The van der Waals surface area contributed by atoms with Crippen molar-refractivity contribution in [2.24, 2.45) is 5.92 Å². The van der Waals surface area contributed by atoms with Crippen molar-refractivity contribution in [3.8, 4) is 5.75 Å². The molecule has 1 saturated carbocycles. The lowest BCUT2D eigenvalue weighted by Gasteiger charge is -2.37. The van der Waals surface area contributed by atoms with E-state index in [4.69, 9.17) is 9.47 Å². The maximum atomic E-state index is 13.6. The first-order valence-corrected chi connectivity index (χ1v) is 13.3. The number of nitrogens with zero attached hydrogens (tertiary/aromatic N) is 2. The first-order chi connectivity index (χ1) is 16.5. The summed E-state index contributed by atoms with van der Waals surface area (Å²) in [5, 5.41) is 2.10. The second kappa shape index (κ2) is 10.1. The van der Waals surface area contributed by atoms with E-state index in [2.05, 4.69) is 37.4 Å². The maximum Gasteiger partial charge on any atom is 0.242 e. The van der Waals surface area contributed by atoms with Crippen LogP contribution in [-0.2, 0) is 20.7 Å². The molecule has 182 valence electrons. The second-order valence-corrected chi connectivity index (χ2v) is 10.9. The van der Waals surface area contributed by atoms with Crippen LogP contribution in [0.25, 0.3) is 0 Å². The Kier molecular flexibility index (Phi) is 6.93. The van der Waals surface area contributed by atoms with Gasteiger partial charge in [-0.05, 0) is 74.6 Å².